The van der Waals surface area contributed by atoms with Gasteiger partial charge in [-0.2, -0.15) is 0 Å². The predicted molar refractivity (Wildman–Crippen MR) is 69.3 cm³/mol. The van der Waals surface area contributed by atoms with Crippen LogP contribution in [0.3, 0.4) is 0 Å². The van der Waals surface area contributed by atoms with Crippen LogP contribution in [0.25, 0.3) is 22.6 Å². The van der Waals surface area contributed by atoms with Gasteiger partial charge in [0.05, 0.1) is 7.11 Å². The lowest BCUT2D eigenvalue weighted by Crippen LogP contribution is -2.21. The van der Waals surface area contributed by atoms with Crippen molar-refractivity contribution in [2.75, 3.05) is 7.11 Å². The zero-order valence-electron chi connectivity index (χ0n) is 9.98. The first-order valence-electron chi connectivity index (χ1n) is 5.54. The van der Waals surface area contributed by atoms with E-state index >= 15 is 0 Å². The number of ether oxygens (including phenoxy) is 1. The molecule has 0 saturated carbocycles. The SMILES string of the molecule is COc1ccc(-c2nc3[nH]c(=O)[nH]c(=O)c3[nH]2)cc1. The molecule has 2 aromatic heterocycles. The van der Waals surface area contributed by atoms with E-state index in [9.17, 15) is 9.59 Å². The predicted octanol–water partition coefficient (Wildman–Crippen LogP) is 0.615. The number of H-pyrrole nitrogens is 3. The van der Waals surface area contributed by atoms with Crippen LogP contribution < -0.4 is 16.0 Å². The number of aromatic nitrogens is 4. The van der Waals surface area contributed by atoms with Gasteiger partial charge in [-0.15, -0.1) is 0 Å². The second kappa shape index (κ2) is 4.13. The average Bonchev–Trinajstić information content (AvgIpc) is 2.83. The Kier molecular flexibility index (Phi) is 2.45. The first-order chi connectivity index (χ1) is 9.17. The van der Waals surface area contributed by atoms with Crippen LogP contribution in [0.1, 0.15) is 0 Å². The molecule has 0 atom stereocenters. The van der Waals surface area contributed by atoms with Gasteiger partial charge in [-0.05, 0) is 24.3 Å². The third-order valence-electron chi connectivity index (χ3n) is 2.75. The molecule has 0 aliphatic heterocycles. The summed E-state index contributed by atoms with van der Waals surface area (Å²) in [6.45, 7) is 0. The topological polar surface area (TPSA) is 104 Å². The highest BCUT2D eigenvalue weighted by Gasteiger charge is 2.09. The number of fused-ring (bicyclic) bond motifs is 1. The molecule has 0 bridgehead atoms. The summed E-state index contributed by atoms with van der Waals surface area (Å²) in [7, 11) is 1.58. The zero-order valence-corrected chi connectivity index (χ0v) is 9.98. The second-order valence-corrected chi connectivity index (χ2v) is 3.95. The largest absolute Gasteiger partial charge is 0.497 e. The lowest BCUT2D eigenvalue weighted by molar-refractivity contribution is 0.415. The molecule has 3 N–H and O–H groups in total. The minimum absolute atomic E-state index is 0.236. The minimum Gasteiger partial charge on any atom is -0.497 e. The van der Waals surface area contributed by atoms with Gasteiger partial charge in [-0.1, -0.05) is 0 Å². The van der Waals surface area contributed by atoms with Gasteiger partial charge >= 0.3 is 5.69 Å². The molecular weight excluding hydrogens is 248 g/mol. The standard InChI is InChI=1S/C12H10N4O3/c1-19-7-4-2-6(3-5-7)9-13-8-10(14-9)15-12(18)16-11(8)17/h2-5H,1H3,(H3,13,14,15,16,17,18). The van der Waals surface area contributed by atoms with Crippen LogP contribution in [0.15, 0.2) is 33.9 Å². The third-order valence-corrected chi connectivity index (χ3v) is 2.75. The first-order valence-corrected chi connectivity index (χ1v) is 5.54. The van der Waals surface area contributed by atoms with E-state index in [0.29, 0.717) is 5.82 Å². The molecule has 2 heterocycles. The third kappa shape index (κ3) is 1.90. The number of benzene rings is 1. The van der Waals surface area contributed by atoms with E-state index in [-0.39, 0.29) is 11.2 Å². The second-order valence-electron chi connectivity index (χ2n) is 3.95. The highest BCUT2D eigenvalue weighted by atomic mass is 16.5. The Morgan fingerprint density at radius 3 is 2.47 bits per heavy atom. The zero-order chi connectivity index (χ0) is 13.4. The van der Waals surface area contributed by atoms with Crippen molar-refractivity contribution in [3.8, 4) is 17.1 Å². The van der Waals surface area contributed by atoms with Crippen LogP contribution in [0.2, 0.25) is 0 Å². The van der Waals surface area contributed by atoms with Crippen molar-refractivity contribution in [2.45, 2.75) is 0 Å². The molecule has 0 aliphatic carbocycles. The summed E-state index contributed by atoms with van der Waals surface area (Å²) in [4.78, 5) is 34.4. The summed E-state index contributed by atoms with van der Waals surface area (Å²) in [6, 6.07) is 7.19. The van der Waals surface area contributed by atoms with Gasteiger partial charge in [0.15, 0.2) is 5.65 Å². The molecule has 7 nitrogen and oxygen atoms in total. The fraction of sp³-hybridized carbons (Fsp3) is 0.0833. The van der Waals surface area contributed by atoms with E-state index in [2.05, 4.69) is 19.9 Å². The van der Waals surface area contributed by atoms with E-state index in [4.69, 9.17) is 4.74 Å². The van der Waals surface area contributed by atoms with E-state index in [1.54, 1.807) is 19.2 Å². The molecule has 0 fully saturated rings. The van der Waals surface area contributed by atoms with Gasteiger partial charge in [0.25, 0.3) is 5.56 Å². The van der Waals surface area contributed by atoms with Crippen LogP contribution in [-0.4, -0.2) is 27.0 Å². The molecular formula is C12H10N4O3. The van der Waals surface area contributed by atoms with Gasteiger partial charge < -0.3 is 9.72 Å². The number of aromatic amines is 3. The maximum atomic E-state index is 11.6. The van der Waals surface area contributed by atoms with Crippen LogP contribution in [0.5, 0.6) is 5.75 Å². The van der Waals surface area contributed by atoms with E-state index in [0.717, 1.165) is 11.3 Å². The van der Waals surface area contributed by atoms with Crippen molar-refractivity contribution >= 4 is 11.2 Å². The quantitative estimate of drug-likeness (QED) is 0.626. The number of imidazole rings is 1. The van der Waals surface area contributed by atoms with Crippen molar-refractivity contribution in [1.82, 2.24) is 19.9 Å². The normalized spacial score (nSPS) is 10.8. The highest BCUT2D eigenvalue weighted by Crippen LogP contribution is 2.20. The molecule has 0 radical (unpaired) electrons. The molecule has 0 amide bonds. The van der Waals surface area contributed by atoms with Crippen LogP contribution in [-0.2, 0) is 0 Å². The number of methoxy groups -OCH3 is 1. The van der Waals surface area contributed by atoms with Crippen molar-refractivity contribution < 1.29 is 4.74 Å². The average molecular weight is 258 g/mol. The Morgan fingerprint density at radius 1 is 1.05 bits per heavy atom. The summed E-state index contributed by atoms with van der Waals surface area (Å²) in [5.41, 5.74) is 0.193. The summed E-state index contributed by atoms with van der Waals surface area (Å²) in [5, 5.41) is 0. The molecule has 96 valence electrons. The van der Waals surface area contributed by atoms with Gasteiger partial charge in [0, 0.05) is 5.56 Å². The Morgan fingerprint density at radius 2 is 1.79 bits per heavy atom. The first kappa shape index (κ1) is 11.3. The fourth-order valence-electron chi connectivity index (χ4n) is 1.82. The molecule has 0 aliphatic rings. The Labute approximate surface area is 106 Å². The molecule has 3 rings (SSSR count). The molecule has 0 saturated heterocycles. The Hall–Kier alpha value is -2.83. The number of hydrogen-bond donors (Lipinski definition) is 3. The van der Waals surface area contributed by atoms with Crippen molar-refractivity contribution in [2.24, 2.45) is 0 Å². The Balaban J connectivity index is 2.17. The molecule has 19 heavy (non-hydrogen) atoms. The van der Waals surface area contributed by atoms with Crippen molar-refractivity contribution in [3.05, 3.63) is 45.1 Å². The maximum absolute atomic E-state index is 11.6. The summed E-state index contributed by atoms with van der Waals surface area (Å²) in [6.07, 6.45) is 0. The van der Waals surface area contributed by atoms with Crippen molar-refractivity contribution in [1.29, 1.82) is 0 Å². The minimum atomic E-state index is -0.578. The van der Waals surface area contributed by atoms with Gasteiger partial charge in [-0.25, -0.2) is 9.78 Å². The van der Waals surface area contributed by atoms with Gasteiger partial charge in [0.2, 0.25) is 0 Å². The molecule has 7 heteroatoms. The fourth-order valence-corrected chi connectivity index (χ4v) is 1.82. The number of nitrogens with zero attached hydrogens (tertiary/aromatic N) is 1. The Bertz CT molecular complexity index is 842. The lowest BCUT2D eigenvalue weighted by Gasteiger charge is -2.00. The van der Waals surface area contributed by atoms with Crippen molar-refractivity contribution in [3.63, 3.8) is 0 Å². The number of nitrogens with one attached hydrogen (secondary N) is 3. The van der Waals surface area contributed by atoms with E-state index in [1.807, 2.05) is 12.1 Å². The van der Waals surface area contributed by atoms with E-state index in [1.165, 1.54) is 0 Å². The smallest absolute Gasteiger partial charge is 0.327 e. The number of hydrogen-bond acceptors (Lipinski definition) is 4. The summed E-state index contributed by atoms with van der Waals surface area (Å²) < 4.78 is 5.07. The lowest BCUT2D eigenvalue weighted by atomic mass is 10.2. The molecule has 0 unspecified atom stereocenters. The van der Waals surface area contributed by atoms with Crippen LogP contribution in [0.4, 0.5) is 0 Å². The summed E-state index contributed by atoms with van der Waals surface area (Å²) in [5.74, 6) is 1.23. The molecule has 0 spiro atoms. The monoisotopic (exact) mass is 258 g/mol. The van der Waals surface area contributed by atoms with E-state index < -0.39 is 11.2 Å². The van der Waals surface area contributed by atoms with Gasteiger partial charge in [-0.3, -0.25) is 14.8 Å². The van der Waals surface area contributed by atoms with Gasteiger partial charge in [0.1, 0.15) is 17.1 Å². The maximum Gasteiger partial charge on any atom is 0.327 e. The highest BCUT2D eigenvalue weighted by molar-refractivity contribution is 5.74. The number of rotatable bonds is 2. The van der Waals surface area contributed by atoms with Crippen LogP contribution in [0, 0.1) is 0 Å². The summed E-state index contributed by atoms with van der Waals surface area (Å²) >= 11 is 0. The molecule has 3 aromatic rings. The van der Waals surface area contributed by atoms with Crippen LogP contribution >= 0.6 is 0 Å². The molecule has 1 aromatic carbocycles.